The molecule has 1 aromatic carbocycles. The predicted octanol–water partition coefficient (Wildman–Crippen LogP) is 9.09. The van der Waals surface area contributed by atoms with Gasteiger partial charge in [0.25, 0.3) is 0 Å². The lowest BCUT2D eigenvalue weighted by Gasteiger charge is -2.38. The highest BCUT2D eigenvalue weighted by Gasteiger charge is 2.35. The highest BCUT2D eigenvalue weighted by Crippen LogP contribution is 2.45. The summed E-state index contributed by atoms with van der Waals surface area (Å²) in [4.78, 5) is 15.0. The monoisotopic (exact) mass is 593 g/mol. The Balaban J connectivity index is 1.52. The summed E-state index contributed by atoms with van der Waals surface area (Å²) in [5.74, 6) is 3.91. The van der Waals surface area contributed by atoms with Crippen molar-refractivity contribution in [1.29, 1.82) is 0 Å². The second-order valence-corrected chi connectivity index (χ2v) is 14.5. The fourth-order valence-electron chi connectivity index (χ4n) is 6.56. The van der Waals surface area contributed by atoms with Gasteiger partial charge in [0, 0.05) is 37.5 Å². The van der Waals surface area contributed by atoms with Gasteiger partial charge in [0.05, 0.1) is 0 Å². The topological polar surface area (TPSA) is 42.7 Å². The number of rotatable bonds is 16. The van der Waals surface area contributed by atoms with E-state index in [1.54, 1.807) is 0 Å². The second kappa shape index (κ2) is 16.0. The minimum atomic E-state index is -0.260. The van der Waals surface area contributed by atoms with Crippen molar-refractivity contribution < 1.29 is 18.8 Å². The largest absolute Gasteiger partial charge is 0.487 e. The van der Waals surface area contributed by atoms with Crippen LogP contribution in [0.5, 0.6) is 11.5 Å². The molecule has 0 aliphatic carbocycles. The number of carbonyl (C=O) groups excluding carboxylic acids is 1. The molecule has 0 N–H and O–H groups in total. The normalized spacial score (nSPS) is 17.7. The molecule has 0 amide bonds. The van der Waals surface area contributed by atoms with E-state index in [9.17, 15) is 4.79 Å². The van der Waals surface area contributed by atoms with E-state index in [0.717, 1.165) is 65.1 Å². The molecule has 43 heavy (non-hydrogen) atoms. The molecule has 1 aromatic heterocycles. The molecule has 0 spiro atoms. The quantitative estimate of drug-likeness (QED) is 0.111. The Labute approximate surface area is 263 Å². The minimum Gasteiger partial charge on any atom is -0.487 e. The van der Waals surface area contributed by atoms with Crippen LogP contribution in [0.4, 0.5) is 5.69 Å². The van der Waals surface area contributed by atoms with Crippen LogP contribution in [-0.4, -0.2) is 25.7 Å². The fourth-order valence-corrected chi connectivity index (χ4v) is 6.56. The molecule has 0 saturated carbocycles. The first-order chi connectivity index (χ1) is 20.3. The predicted molar refractivity (Wildman–Crippen MR) is 179 cm³/mol. The highest BCUT2D eigenvalue weighted by atomic mass is 16.5. The van der Waals surface area contributed by atoms with Gasteiger partial charge in [0.15, 0.2) is 12.4 Å². The van der Waals surface area contributed by atoms with Crippen molar-refractivity contribution in [2.24, 2.45) is 17.8 Å². The van der Waals surface area contributed by atoms with Crippen molar-refractivity contribution in [2.45, 2.75) is 138 Å². The number of esters is 1. The molecule has 0 unspecified atom stereocenters. The SMILES string of the molecule is Cc1c(C)c2c(c(C)c1OC(=O)C[n+]1ccc(N(C)C)cc1)CC[C@@](C)(CCC[C@H](C)CCC[C@H](C)CCCC(C)C)O2. The van der Waals surface area contributed by atoms with Crippen molar-refractivity contribution in [1.82, 2.24) is 0 Å². The van der Waals surface area contributed by atoms with Crippen molar-refractivity contribution in [3.63, 3.8) is 0 Å². The molecule has 0 saturated heterocycles. The first-order valence-electron chi connectivity index (χ1n) is 17.0. The Hall–Kier alpha value is -2.56. The first-order valence-corrected chi connectivity index (χ1v) is 17.0. The van der Waals surface area contributed by atoms with Gasteiger partial charge in [0.1, 0.15) is 17.1 Å². The number of anilines is 1. The Bertz CT molecular complexity index is 1190. The van der Waals surface area contributed by atoms with Crippen LogP contribution in [0.2, 0.25) is 0 Å². The zero-order chi connectivity index (χ0) is 31.7. The minimum absolute atomic E-state index is 0.144. The van der Waals surface area contributed by atoms with Crippen LogP contribution < -0.4 is 18.9 Å². The number of fused-ring (bicyclic) bond motifs is 1. The van der Waals surface area contributed by atoms with Gasteiger partial charge in [-0.15, -0.1) is 0 Å². The van der Waals surface area contributed by atoms with Crippen molar-refractivity contribution in [2.75, 3.05) is 19.0 Å². The van der Waals surface area contributed by atoms with Crippen molar-refractivity contribution >= 4 is 11.7 Å². The van der Waals surface area contributed by atoms with Gasteiger partial charge < -0.3 is 14.4 Å². The summed E-state index contributed by atoms with van der Waals surface area (Å²) in [6, 6.07) is 4.00. The van der Waals surface area contributed by atoms with Gasteiger partial charge in [0.2, 0.25) is 6.54 Å². The van der Waals surface area contributed by atoms with Gasteiger partial charge in [-0.05, 0) is 87.8 Å². The number of hydrogen-bond donors (Lipinski definition) is 0. The maximum atomic E-state index is 12.9. The lowest BCUT2D eigenvalue weighted by Crippen LogP contribution is -2.39. The van der Waals surface area contributed by atoms with E-state index < -0.39 is 0 Å². The Morgan fingerprint density at radius 2 is 1.49 bits per heavy atom. The molecule has 5 nitrogen and oxygen atoms in total. The highest BCUT2D eigenvalue weighted by molar-refractivity contribution is 5.73. The second-order valence-electron chi connectivity index (χ2n) is 14.5. The van der Waals surface area contributed by atoms with Crippen LogP contribution in [0.3, 0.4) is 0 Å². The number of hydrogen-bond acceptors (Lipinski definition) is 4. The number of carbonyl (C=O) groups is 1. The zero-order valence-corrected chi connectivity index (χ0v) is 29.1. The molecular weight excluding hydrogens is 532 g/mol. The summed E-state index contributed by atoms with van der Waals surface area (Å²) < 4.78 is 14.7. The summed E-state index contributed by atoms with van der Waals surface area (Å²) in [5.41, 5.74) is 5.27. The first kappa shape index (κ1) is 34.9. The smallest absolute Gasteiger partial charge is 0.378 e. The van der Waals surface area contributed by atoms with Crippen LogP contribution in [0.15, 0.2) is 24.5 Å². The standard InChI is InChI=1S/C38H61N2O3/c1-27(2)14-11-15-28(3)16-12-17-29(4)18-13-22-38(8)23-19-34-32(7)36(30(5)31(6)37(34)43-38)42-35(41)26-40-24-20-33(21-25-40)39(9)10/h20-21,24-25,27-29H,11-19,22-23,26H2,1-10H3/q+1/t28-,29-,38-/m1/s1. The number of nitrogens with zero attached hydrogens (tertiary/aromatic N) is 2. The summed E-state index contributed by atoms with van der Waals surface area (Å²) in [7, 11) is 4.01. The van der Waals surface area contributed by atoms with E-state index in [-0.39, 0.29) is 18.1 Å². The Morgan fingerprint density at radius 3 is 2.07 bits per heavy atom. The summed E-state index contributed by atoms with van der Waals surface area (Å²) >= 11 is 0. The van der Waals surface area contributed by atoms with E-state index in [0.29, 0.717) is 5.75 Å². The molecule has 1 aliphatic rings. The van der Waals surface area contributed by atoms with Gasteiger partial charge in [-0.1, -0.05) is 72.6 Å². The number of benzene rings is 1. The third-order valence-electron chi connectivity index (χ3n) is 9.76. The third kappa shape index (κ3) is 10.3. The van der Waals surface area contributed by atoms with Crippen LogP contribution in [0.1, 0.15) is 121 Å². The van der Waals surface area contributed by atoms with Crippen molar-refractivity contribution in [3.05, 3.63) is 46.8 Å². The molecule has 5 heteroatoms. The van der Waals surface area contributed by atoms with Crippen LogP contribution in [-0.2, 0) is 17.8 Å². The Kier molecular flexibility index (Phi) is 13.0. The van der Waals surface area contributed by atoms with E-state index >= 15 is 0 Å². The average Bonchev–Trinajstić information content (AvgIpc) is 2.94. The maximum Gasteiger partial charge on any atom is 0.378 e. The molecule has 2 heterocycles. The van der Waals surface area contributed by atoms with Crippen molar-refractivity contribution in [3.8, 4) is 11.5 Å². The average molecular weight is 594 g/mol. The van der Waals surface area contributed by atoms with Crippen LogP contribution in [0, 0.1) is 38.5 Å². The molecule has 0 bridgehead atoms. The summed E-state index contributed by atoms with van der Waals surface area (Å²) in [5, 5.41) is 0. The van der Waals surface area contributed by atoms with Gasteiger partial charge in [-0.2, -0.15) is 4.57 Å². The fraction of sp³-hybridized carbons (Fsp3) is 0.684. The van der Waals surface area contributed by atoms with E-state index in [2.05, 4.69) is 48.5 Å². The van der Waals surface area contributed by atoms with Gasteiger partial charge >= 0.3 is 5.97 Å². The summed E-state index contributed by atoms with van der Waals surface area (Å²) in [6.45, 7) is 18.2. The maximum absolute atomic E-state index is 12.9. The van der Waals surface area contributed by atoms with Gasteiger partial charge in [-0.3, -0.25) is 0 Å². The lowest BCUT2D eigenvalue weighted by molar-refractivity contribution is -0.685. The summed E-state index contributed by atoms with van der Waals surface area (Å²) in [6.07, 6.45) is 17.5. The zero-order valence-electron chi connectivity index (χ0n) is 29.1. The van der Waals surface area contributed by atoms with E-state index in [4.69, 9.17) is 9.47 Å². The van der Waals surface area contributed by atoms with E-state index in [1.165, 1.54) is 56.9 Å². The number of pyridine rings is 1. The molecular formula is C38H61N2O3+. The van der Waals surface area contributed by atoms with E-state index in [1.807, 2.05) is 55.0 Å². The van der Waals surface area contributed by atoms with Crippen LogP contribution in [0.25, 0.3) is 0 Å². The molecule has 3 rings (SSSR count). The van der Waals surface area contributed by atoms with Gasteiger partial charge in [-0.25, -0.2) is 4.79 Å². The lowest BCUT2D eigenvalue weighted by atomic mass is 9.83. The molecule has 2 aromatic rings. The molecule has 240 valence electrons. The Morgan fingerprint density at radius 1 is 0.907 bits per heavy atom. The number of aromatic nitrogens is 1. The van der Waals surface area contributed by atoms with Crippen LogP contribution >= 0.6 is 0 Å². The third-order valence-corrected chi connectivity index (χ3v) is 9.76. The molecule has 1 aliphatic heterocycles. The molecule has 0 radical (unpaired) electrons. The molecule has 0 fully saturated rings. The molecule has 3 atom stereocenters. The number of ether oxygens (including phenoxy) is 2.